The first-order chi connectivity index (χ1) is 31.8. The Balaban J connectivity index is 1.06. The Bertz CT molecular complexity index is 4090. The van der Waals surface area contributed by atoms with Crippen LogP contribution in [0.4, 0.5) is 11.4 Å². The van der Waals surface area contributed by atoms with Gasteiger partial charge in [-0.25, -0.2) is 0 Å². The van der Waals surface area contributed by atoms with Gasteiger partial charge in [0.25, 0.3) is 0 Å². The first-order valence-electron chi connectivity index (χ1n) is 23.6. The summed E-state index contributed by atoms with van der Waals surface area (Å²) >= 11 is 0. The molecule has 5 nitrogen and oxygen atoms in total. The summed E-state index contributed by atoms with van der Waals surface area (Å²) in [4.78, 5) is 0. The van der Waals surface area contributed by atoms with Gasteiger partial charge in [0.05, 0.1) is 5.52 Å². The zero-order chi connectivity index (χ0) is 44.6. The molecule has 0 fully saturated rings. The third-order valence-electron chi connectivity index (χ3n) is 15.6. The lowest BCUT2D eigenvalue weighted by Gasteiger charge is -2.41. The molecular formula is C60H49BN2O3. The summed E-state index contributed by atoms with van der Waals surface area (Å²) < 4.78 is 22.6. The van der Waals surface area contributed by atoms with Gasteiger partial charge < -0.3 is 23.1 Å². The molecule has 6 heteroatoms. The lowest BCUT2D eigenvalue weighted by atomic mass is 9.59. The van der Waals surface area contributed by atoms with Crippen molar-refractivity contribution in [3.8, 4) is 16.8 Å². The lowest BCUT2D eigenvalue weighted by molar-refractivity contribution is 0.332. The van der Waals surface area contributed by atoms with Crippen LogP contribution in [0.25, 0.3) is 104 Å². The largest absolute Gasteiger partial charge is 0.456 e. The van der Waals surface area contributed by atoms with E-state index in [1.807, 2.05) is 6.07 Å². The van der Waals surface area contributed by atoms with Crippen molar-refractivity contribution in [2.24, 2.45) is 0 Å². The van der Waals surface area contributed by atoms with Gasteiger partial charge in [-0.1, -0.05) is 115 Å². The third-order valence-corrected chi connectivity index (χ3v) is 15.6. The molecule has 1 aliphatic heterocycles. The number of para-hydroxylation sites is 2. The fourth-order valence-corrected chi connectivity index (χ4v) is 11.8. The fourth-order valence-electron chi connectivity index (χ4n) is 11.8. The van der Waals surface area contributed by atoms with Crippen LogP contribution in [0.3, 0.4) is 0 Å². The number of fused-ring (bicyclic) bond motifs is 15. The van der Waals surface area contributed by atoms with Crippen molar-refractivity contribution >= 4 is 117 Å². The molecular weight excluding hydrogens is 807 g/mol. The van der Waals surface area contributed by atoms with Crippen LogP contribution in [-0.2, 0) is 16.2 Å². The smallest absolute Gasteiger partial charge is 0.198 e. The molecule has 0 bridgehead atoms. The van der Waals surface area contributed by atoms with Gasteiger partial charge in [-0.3, -0.25) is 0 Å². The molecule has 0 saturated carbocycles. The molecule has 66 heavy (non-hydrogen) atoms. The Morgan fingerprint density at radius 3 is 1.82 bits per heavy atom. The summed E-state index contributed by atoms with van der Waals surface area (Å²) in [6.07, 6.45) is 2.31. The van der Waals surface area contributed by atoms with Gasteiger partial charge in [0, 0.05) is 71.2 Å². The average Bonchev–Trinajstić information content (AvgIpc) is 4.05. The second-order valence-corrected chi connectivity index (χ2v) is 21.6. The fraction of sp³-hybridized carbons (Fsp3) is 0.200. The van der Waals surface area contributed by atoms with Gasteiger partial charge in [-0.2, -0.15) is 0 Å². The van der Waals surface area contributed by atoms with Crippen LogP contribution in [0.15, 0.2) is 147 Å². The Hall–Kier alpha value is -7.18. The van der Waals surface area contributed by atoms with Gasteiger partial charge in [0.2, 0.25) is 0 Å². The number of benzene rings is 8. The van der Waals surface area contributed by atoms with Crippen molar-refractivity contribution < 1.29 is 13.3 Å². The van der Waals surface area contributed by atoms with Crippen molar-refractivity contribution in [2.75, 3.05) is 5.32 Å². The number of hydrogen-bond donors (Lipinski definition) is 1. The summed E-state index contributed by atoms with van der Waals surface area (Å²) in [7, 11) is 0.735. The minimum Gasteiger partial charge on any atom is -0.456 e. The zero-order valence-corrected chi connectivity index (χ0v) is 38.5. The molecule has 1 N–H and O–H groups in total. The second kappa shape index (κ2) is 12.8. The van der Waals surface area contributed by atoms with Crippen LogP contribution in [0.1, 0.15) is 78.0 Å². The maximum Gasteiger partial charge on any atom is 0.198 e. The maximum atomic E-state index is 7.00. The van der Waals surface area contributed by atoms with E-state index in [0.717, 1.165) is 103 Å². The number of rotatable bonds is 3. The zero-order valence-electron chi connectivity index (χ0n) is 38.5. The summed E-state index contributed by atoms with van der Waals surface area (Å²) in [6.45, 7) is 16.4. The Labute approximate surface area is 383 Å². The standard InChI is InChI=1S/C60H49BN2O3/c1-58(2,3)32-16-18-33(19-17-32)62-47-25-41-40-24-44-45(60(6,7)23-22-59(44,4)5)30-54(40)66-52(41)28-38(47)36-20-21-37-39-29-53-42(34-12-8-10-14-50(34)64-53)26-48(39)63-49-27-43-35-13-9-11-15-51(35)65-55(43)31-46(49)61-56(36)57(37)63/h8-21,24-31,61-62H,22-23H2,1-7H3. The highest BCUT2D eigenvalue weighted by atomic mass is 16.3. The van der Waals surface area contributed by atoms with Crippen LogP contribution in [0.5, 0.6) is 0 Å². The quantitative estimate of drug-likeness (QED) is 0.180. The molecule has 0 radical (unpaired) electrons. The number of anilines is 2. The van der Waals surface area contributed by atoms with E-state index < -0.39 is 0 Å². The van der Waals surface area contributed by atoms with Crippen LogP contribution >= 0.6 is 0 Å². The van der Waals surface area contributed by atoms with Crippen molar-refractivity contribution in [3.63, 3.8) is 0 Å². The van der Waals surface area contributed by atoms with Crippen molar-refractivity contribution in [3.05, 3.63) is 150 Å². The molecule has 320 valence electrons. The SMILES string of the molecule is CC(C)(C)c1ccc(Nc2cc3c(cc2-c2ccc4c5cc6oc7ccccc7c6cc5n5c4c2Bc2cc4oc6ccccc6c4cc2-5)oc2cc4c(cc23)C(C)(C)CCC4(C)C)cc1. The van der Waals surface area contributed by atoms with Crippen molar-refractivity contribution in [2.45, 2.75) is 77.6 Å². The van der Waals surface area contributed by atoms with E-state index in [1.165, 1.54) is 60.5 Å². The highest BCUT2D eigenvalue weighted by molar-refractivity contribution is 6.73. The van der Waals surface area contributed by atoms with Crippen molar-refractivity contribution in [1.29, 1.82) is 0 Å². The summed E-state index contributed by atoms with van der Waals surface area (Å²) in [5, 5.41) is 13.1. The molecule has 2 aliphatic rings. The van der Waals surface area contributed by atoms with E-state index in [-0.39, 0.29) is 16.2 Å². The number of furan rings is 3. The van der Waals surface area contributed by atoms with Crippen LogP contribution in [0, 0.1) is 0 Å². The number of aromatic nitrogens is 1. The first-order valence-corrected chi connectivity index (χ1v) is 23.6. The second-order valence-electron chi connectivity index (χ2n) is 21.6. The van der Waals surface area contributed by atoms with Crippen LogP contribution in [-0.4, -0.2) is 11.8 Å². The van der Waals surface area contributed by atoms with Gasteiger partial charge in [0.1, 0.15) is 33.5 Å². The van der Waals surface area contributed by atoms with E-state index in [2.05, 4.69) is 186 Å². The molecule has 0 unspecified atom stereocenters. The van der Waals surface area contributed by atoms with Gasteiger partial charge in [0.15, 0.2) is 7.28 Å². The molecule has 8 aromatic carbocycles. The monoisotopic (exact) mass is 856 g/mol. The molecule has 0 saturated heterocycles. The summed E-state index contributed by atoms with van der Waals surface area (Å²) in [6, 6.07) is 49.1. The predicted octanol–water partition coefficient (Wildman–Crippen LogP) is 15.2. The molecule has 14 rings (SSSR count). The van der Waals surface area contributed by atoms with Crippen LogP contribution < -0.4 is 16.2 Å². The summed E-state index contributed by atoms with van der Waals surface area (Å²) in [5.74, 6) is 0. The van der Waals surface area contributed by atoms with Gasteiger partial charge >= 0.3 is 0 Å². The van der Waals surface area contributed by atoms with Crippen molar-refractivity contribution in [1.82, 2.24) is 4.57 Å². The molecule has 12 aromatic rings. The number of hydrogen-bond acceptors (Lipinski definition) is 4. The number of nitrogens with zero attached hydrogens (tertiary/aromatic N) is 1. The maximum absolute atomic E-state index is 7.00. The van der Waals surface area contributed by atoms with E-state index >= 15 is 0 Å². The minimum absolute atomic E-state index is 0.0518. The predicted molar refractivity (Wildman–Crippen MR) is 278 cm³/mol. The Kier molecular flexibility index (Phi) is 7.39. The molecule has 0 spiro atoms. The third kappa shape index (κ3) is 5.30. The molecule has 1 aliphatic carbocycles. The Morgan fingerprint density at radius 2 is 1.11 bits per heavy atom. The summed E-state index contributed by atoms with van der Waals surface area (Å²) in [5.41, 5.74) is 20.3. The Morgan fingerprint density at radius 1 is 0.515 bits per heavy atom. The van der Waals surface area contributed by atoms with E-state index in [0.29, 0.717) is 0 Å². The number of nitrogens with one attached hydrogen (secondary N) is 1. The molecule has 0 amide bonds. The highest BCUT2D eigenvalue weighted by Gasteiger charge is 2.38. The topological polar surface area (TPSA) is 56.4 Å². The van der Waals surface area contributed by atoms with E-state index in [1.54, 1.807) is 0 Å². The molecule has 5 heterocycles. The minimum atomic E-state index is 0.0518. The van der Waals surface area contributed by atoms with E-state index in [9.17, 15) is 0 Å². The first kappa shape index (κ1) is 38.1. The molecule has 4 aromatic heterocycles. The van der Waals surface area contributed by atoms with E-state index in [4.69, 9.17) is 13.3 Å². The van der Waals surface area contributed by atoms with Gasteiger partial charge in [-0.05, 0) is 130 Å². The lowest BCUT2D eigenvalue weighted by Crippen LogP contribution is -2.37. The van der Waals surface area contributed by atoms with Gasteiger partial charge in [-0.15, -0.1) is 0 Å². The normalized spacial score (nSPS) is 15.4. The highest BCUT2D eigenvalue weighted by Crippen LogP contribution is 2.50. The van der Waals surface area contributed by atoms with Crippen LogP contribution in [0.2, 0.25) is 0 Å². The molecule has 0 atom stereocenters. The average molecular weight is 857 g/mol.